The summed E-state index contributed by atoms with van der Waals surface area (Å²) in [4.78, 5) is 0. The van der Waals surface area contributed by atoms with Crippen molar-refractivity contribution in [3.05, 3.63) is 0 Å². The van der Waals surface area contributed by atoms with E-state index in [0.717, 1.165) is 32.1 Å². The van der Waals surface area contributed by atoms with Gasteiger partial charge < -0.3 is 9.84 Å². The molecule has 0 unspecified atom stereocenters. The summed E-state index contributed by atoms with van der Waals surface area (Å²) in [7, 11) is 0. The van der Waals surface area contributed by atoms with E-state index in [9.17, 15) is 18.3 Å². The summed E-state index contributed by atoms with van der Waals surface area (Å²) in [5.74, 6) is 0.106. The predicted octanol–water partition coefficient (Wildman–Crippen LogP) is 3.85. The minimum atomic E-state index is -4.78. The SMILES string of the molecule is CCO[C@](Cl)([C@H](O)CC1CCCCC1)C(F)(F)F. The first kappa shape index (κ1) is 16.1. The van der Waals surface area contributed by atoms with Crippen LogP contribution >= 0.6 is 11.6 Å². The fourth-order valence-electron chi connectivity index (χ4n) is 2.47. The second-order valence-electron chi connectivity index (χ2n) is 4.83. The Hall–Kier alpha value is -0.0000000000000000555. The van der Waals surface area contributed by atoms with Gasteiger partial charge in [0.15, 0.2) is 0 Å². The van der Waals surface area contributed by atoms with Gasteiger partial charge >= 0.3 is 6.18 Å². The number of aliphatic hydroxyl groups is 1. The molecule has 0 saturated heterocycles. The Bertz CT molecular complexity index is 254. The molecule has 2 nitrogen and oxygen atoms in total. The van der Waals surface area contributed by atoms with Gasteiger partial charge in [0, 0.05) is 6.61 Å². The van der Waals surface area contributed by atoms with E-state index in [1.54, 1.807) is 0 Å². The zero-order valence-electron chi connectivity index (χ0n) is 10.5. The highest BCUT2D eigenvalue weighted by molar-refractivity contribution is 6.24. The Morgan fingerprint density at radius 2 is 1.83 bits per heavy atom. The fourth-order valence-corrected chi connectivity index (χ4v) is 2.67. The molecule has 1 aliphatic carbocycles. The normalized spacial score (nSPS) is 23.7. The van der Waals surface area contributed by atoms with Gasteiger partial charge in [-0.05, 0) is 19.3 Å². The summed E-state index contributed by atoms with van der Waals surface area (Å²) >= 11 is 5.49. The second kappa shape index (κ2) is 6.44. The summed E-state index contributed by atoms with van der Waals surface area (Å²) in [5.41, 5.74) is 0. The molecule has 1 rings (SSSR count). The van der Waals surface area contributed by atoms with Crippen molar-refractivity contribution in [1.29, 1.82) is 0 Å². The van der Waals surface area contributed by atoms with Crippen LogP contribution in [0.25, 0.3) is 0 Å². The highest BCUT2D eigenvalue weighted by atomic mass is 35.5. The molecule has 0 aromatic rings. The molecule has 0 radical (unpaired) electrons. The van der Waals surface area contributed by atoms with Gasteiger partial charge in [-0.15, -0.1) is 0 Å². The molecule has 6 heteroatoms. The van der Waals surface area contributed by atoms with Crippen LogP contribution in [0.4, 0.5) is 13.2 Å². The van der Waals surface area contributed by atoms with E-state index in [2.05, 4.69) is 4.74 Å². The van der Waals surface area contributed by atoms with Crippen LogP contribution in [0.5, 0.6) is 0 Å². The van der Waals surface area contributed by atoms with Crippen LogP contribution in [-0.2, 0) is 4.74 Å². The van der Waals surface area contributed by atoms with Crippen LogP contribution < -0.4 is 0 Å². The Morgan fingerprint density at radius 3 is 2.28 bits per heavy atom. The van der Waals surface area contributed by atoms with Gasteiger partial charge in [-0.2, -0.15) is 13.2 Å². The first-order chi connectivity index (χ1) is 8.31. The maximum Gasteiger partial charge on any atom is 0.434 e. The molecule has 1 fully saturated rings. The molecule has 0 aromatic heterocycles. The Balaban J connectivity index is 2.67. The van der Waals surface area contributed by atoms with E-state index in [4.69, 9.17) is 11.6 Å². The zero-order chi connectivity index (χ0) is 13.8. The van der Waals surface area contributed by atoms with Crippen LogP contribution in [-0.4, -0.2) is 29.1 Å². The quantitative estimate of drug-likeness (QED) is 0.779. The lowest BCUT2D eigenvalue weighted by Gasteiger charge is -2.35. The van der Waals surface area contributed by atoms with Crippen molar-refractivity contribution in [3.63, 3.8) is 0 Å². The highest BCUT2D eigenvalue weighted by Gasteiger charge is 2.59. The highest BCUT2D eigenvalue weighted by Crippen LogP contribution is 2.43. The van der Waals surface area contributed by atoms with Crippen LogP contribution in [0.2, 0.25) is 0 Å². The molecule has 108 valence electrons. The maximum absolute atomic E-state index is 12.9. The molecule has 0 aromatic carbocycles. The minimum Gasteiger partial charge on any atom is -0.388 e. The molecule has 1 saturated carbocycles. The standard InChI is InChI=1S/C12H20ClF3O2/c1-2-18-11(13,12(14,15)16)10(17)8-9-6-4-3-5-7-9/h9-10,17H,2-8H2,1H3/t10-,11-/m1/s1. The molecule has 0 aliphatic heterocycles. The van der Waals surface area contributed by atoms with Crippen LogP contribution in [0, 0.1) is 5.92 Å². The van der Waals surface area contributed by atoms with E-state index in [-0.39, 0.29) is 18.9 Å². The number of ether oxygens (including phenoxy) is 1. The number of hydrogen-bond acceptors (Lipinski definition) is 2. The third-order valence-corrected chi connectivity index (χ3v) is 4.03. The predicted molar refractivity (Wildman–Crippen MR) is 63.5 cm³/mol. The van der Waals surface area contributed by atoms with Crippen LogP contribution in [0.15, 0.2) is 0 Å². The average molecular weight is 289 g/mol. The lowest BCUT2D eigenvalue weighted by molar-refractivity contribution is -0.270. The molecular formula is C12H20ClF3O2. The summed E-state index contributed by atoms with van der Waals surface area (Å²) in [5, 5.41) is 6.84. The monoisotopic (exact) mass is 288 g/mol. The van der Waals surface area contributed by atoms with E-state index in [1.807, 2.05) is 0 Å². The topological polar surface area (TPSA) is 29.5 Å². The molecule has 0 spiro atoms. The van der Waals surface area contributed by atoms with Crippen molar-refractivity contribution in [1.82, 2.24) is 0 Å². The van der Waals surface area contributed by atoms with Gasteiger partial charge in [-0.3, -0.25) is 0 Å². The summed E-state index contributed by atoms with van der Waals surface area (Å²) in [6.45, 7) is 1.24. The molecule has 0 bridgehead atoms. The van der Waals surface area contributed by atoms with E-state index in [0.29, 0.717) is 0 Å². The van der Waals surface area contributed by atoms with Gasteiger partial charge in [0.1, 0.15) is 6.10 Å². The molecular weight excluding hydrogens is 269 g/mol. The van der Waals surface area contributed by atoms with E-state index < -0.39 is 17.3 Å². The summed E-state index contributed by atoms with van der Waals surface area (Å²) in [6.07, 6.45) is -1.62. The number of hydrogen-bond donors (Lipinski definition) is 1. The average Bonchev–Trinajstić information content (AvgIpc) is 2.29. The van der Waals surface area contributed by atoms with Crippen molar-refractivity contribution in [3.8, 4) is 0 Å². The van der Waals surface area contributed by atoms with Crippen LogP contribution in [0.3, 0.4) is 0 Å². The fraction of sp³-hybridized carbons (Fsp3) is 1.00. The minimum absolute atomic E-state index is 0.0447. The van der Waals surface area contributed by atoms with Gasteiger partial charge in [-0.25, -0.2) is 0 Å². The van der Waals surface area contributed by atoms with E-state index in [1.165, 1.54) is 6.92 Å². The van der Waals surface area contributed by atoms with Crippen molar-refractivity contribution in [2.45, 2.75) is 62.8 Å². The van der Waals surface area contributed by atoms with Gasteiger partial charge in [0.05, 0.1) is 0 Å². The number of alkyl halides is 4. The smallest absolute Gasteiger partial charge is 0.388 e. The molecule has 0 amide bonds. The molecule has 18 heavy (non-hydrogen) atoms. The molecule has 0 heterocycles. The first-order valence-electron chi connectivity index (χ1n) is 6.39. The summed E-state index contributed by atoms with van der Waals surface area (Å²) in [6, 6.07) is 0. The van der Waals surface area contributed by atoms with Crippen molar-refractivity contribution in [2.24, 2.45) is 5.92 Å². The lowest BCUT2D eigenvalue weighted by atomic mass is 9.84. The zero-order valence-corrected chi connectivity index (χ0v) is 11.2. The van der Waals surface area contributed by atoms with Crippen molar-refractivity contribution in [2.75, 3.05) is 6.61 Å². The summed E-state index contributed by atoms with van der Waals surface area (Å²) < 4.78 is 43.2. The second-order valence-corrected chi connectivity index (χ2v) is 5.39. The van der Waals surface area contributed by atoms with Crippen molar-refractivity contribution < 1.29 is 23.0 Å². The van der Waals surface area contributed by atoms with Gasteiger partial charge in [0.25, 0.3) is 5.06 Å². The Kier molecular flexibility index (Phi) is 5.74. The van der Waals surface area contributed by atoms with E-state index >= 15 is 0 Å². The lowest BCUT2D eigenvalue weighted by Crippen LogP contribution is -2.52. The Labute approximate surface area is 110 Å². The Morgan fingerprint density at radius 1 is 1.28 bits per heavy atom. The van der Waals surface area contributed by atoms with Gasteiger partial charge in [0.2, 0.25) is 0 Å². The molecule has 1 aliphatic rings. The molecule has 1 N–H and O–H groups in total. The largest absolute Gasteiger partial charge is 0.434 e. The third-order valence-electron chi connectivity index (χ3n) is 3.45. The third kappa shape index (κ3) is 3.75. The number of halogens is 4. The molecule has 2 atom stereocenters. The van der Waals surface area contributed by atoms with Crippen LogP contribution in [0.1, 0.15) is 45.4 Å². The first-order valence-corrected chi connectivity index (χ1v) is 6.76. The number of aliphatic hydroxyl groups excluding tert-OH is 1. The van der Waals surface area contributed by atoms with Crippen molar-refractivity contribution >= 4 is 11.6 Å². The maximum atomic E-state index is 12.9. The number of rotatable bonds is 5. The van der Waals surface area contributed by atoms with Gasteiger partial charge in [-0.1, -0.05) is 43.7 Å².